The van der Waals surface area contributed by atoms with Gasteiger partial charge < -0.3 is 4.74 Å². The molecule has 3 heteroatoms. The predicted molar refractivity (Wildman–Crippen MR) is 38.4 cm³/mol. The molecule has 3 nitrogen and oxygen atoms in total. The van der Waals surface area contributed by atoms with Crippen LogP contribution in [0.25, 0.3) is 0 Å². The van der Waals surface area contributed by atoms with Gasteiger partial charge in [-0.1, -0.05) is 19.8 Å². The molecule has 1 aliphatic heterocycles. The lowest BCUT2D eigenvalue weighted by molar-refractivity contribution is 0.355. The first-order valence-electron chi connectivity index (χ1n) is 3.79. The van der Waals surface area contributed by atoms with Crippen molar-refractivity contribution in [2.45, 2.75) is 37.9 Å². The van der Waals surface area contributed by atoms with Crippen molar-refractivity contribution in [1.29, 1.82) is 10.5 Å². The molecule has 0 spiro atoms. The number of rotatable bonds is 3. The molecular formula is C8H10N2O. The highest BCUT2D eigenvalue weighted by Crippen LogP contribution is 2.38. The molecule has 1 aliphatic rings. The number of epoxide rings is 1. The SMILES string of the molecule is CCCCC1OC1(C#N)C#N. The van der Waals surface area contributed by atoms with Crippen LogP contribution in [0.4, 0.5) is 0 Å². The molecule has 0 radical (unpaired) electrons. The van der Waals surface area contributed by atoms with Gasteiger partial charge in [0.15, 0.2) is 0 Å². The van der Waals surface area contributed by atoms with Crippen LogP contribution in [0.2, 0.25) is 0 Å². The summed E-state index contributed by atoms with van der Waals surface area (Å²) in [4.78, 5) is 0. The summed E-state index contributed by atoms with van der Waals surface area (Å²) in [7, 11) is 0. The molecule has 1 atom stereocenters. The highest BCUT2D eigenvalue weighted by molar-refractivity contribution is 5.30. The van der Waals surface area contributed by atoms with Crippen molar-refractivity contribution in [3.05, 3.63) is 0 Å². The van der Waals surface area contributed by atoms with Gasteiger partial charge in [0.25, 0.3) is 5.60 Å². The van der Waals surface area contributed by atoms with Crippen molar-refractivity contribution in [3.63, 3.8) is 0 Å². The van der Waals surface area contributed by atoms with Crippen LogP contribution in [0.1, 0.15) is 26.2 Å². The van der Waals surface area contributed by atoms with Crippen LogP contribution >= 0.6 is 0 Å². The van der Waals surface area contributed by atoms with E-state index in [-0.39, 0.29) is 6.10 Å². The molecule has 11 heavy (non-hydrogen) atoms. The third-order valence-electron chi connectivity index (χ3n) is 1.88. The van der Waals surface area contributed by atoms with Crippen LogP contribution in [0.15, 0.2) is 0 Å². The summed E-state index contributed by atoms with van der Waals surface area (Å²) in [5, 5.41) is 17.1. The minimum Gasteiger partial charge on any atom is -0.337 e. The van der Waals surface area contributed by atoms with Crippen LogP contribution < -0.4 is 0 Å². The summed E-state index contributed by atoms with van der Waals surface area (Å²) < 4.78 is 4.98. The second kappa shape index (κ2) is 2.90. The third kappa shape index (κ3) is 1.34. The zero-order valence-electron chi connectivity index (χ0n) is 6.50. The van der Waals surface area contributed by atoms with Crippen LogP contribution in [0, 0.1) is 22.7 Å². The molecule has 1 saturated heterocycles. The number of nitrogens with zero attached hydrogens (tertiary/aromatic N) is 2. The Morgan fingerprint density at radius 3 is 2.45 bits per heavy atom. The summed E-state index contributed by atoms with van der Waals surface area (Å²) in [6.07, 6.45) is 2.80. The van der Waals surface area contributed by atoms with E-state index in [1.54, 1.807) is 0 Å². The molecule has 0 aromatic rings. The van der Waals surface area contributed by atoms with Gasteiger partial charge in [0, 0.05) is 0 Å². The van der Waals surface area contributed by atoms with E-state index in [0.29, 0.717) is 0 Å². The van der Waals surface area contributed by atoms with Crippen molar-refractivity contribution < 1.29 is 4.74 Å². The number of unbranched alkanes of at least 4 members (excludes halogenated alkanes) is 1. The standard InChI is InChI=1S/C8H10N2O/c1-2-3-4-7-8(5-9,6-10)11-7/h7H,2-4H2,1H3. The minimum atomic E-state index is -1.09. The van der Waals surface area contributed by atoms with E-state index in [9.17, 15) is 0 Å². The molecule has 1 unspecified atom stereocenters. The summed E-state index contributed by atoms with van der Waals surface area (Å²) >= 11 is 0. The van der Waals surface area contributed by atoms with Crippen molar-refractivity contribution in [2.24, 2.45) is 0 Å². The Bertz CT molecular complexity index is 209. The fraction of sp³-hybridized carbons (Fsp3) is 0.750. The number of hydrogen-bond donors (Lipinski definition) is 0. The third-order valence-corrected chi connectivity index (χ3v) is 1.88. The van der Waals surface area contributed by atoms with E-state index in [0.717, 1.165) is 19.3 Å². The Hall–Kier alpha value is -1.06. The molecule has 58 valence electrons. The average molecular weight is 150 g/mol. The Balaban J connectivity index is 2.36. The van der Waals surface area contributed by atoms with Crippen LogP contribution in [0.5, 0.6) is 0 Å². The highest BCUT2D eigenvalue weighted by atomic mass is 16.6. The monoisotopic (exact) mass is 150 g/mol. The molecule has 0 saturated carbocycles. The molecule has 1 fully saturated rings. The van der Waals surface area contributed by atoms with Gasteiger partial charge in [0.05, 0.1) is 0 Å². The smallest absolute Gasteiger partial charge is 0.268 e. The number of nitriles is 2. The molecule has 0 bridgehead atoms. The number of ether oxygens (including phenoxy) is 1. The van der Waals surface area contributed by atoms with E-state index in [1.165, 1.54) is 0 Å². The Labute approximate surface area is 66.2 Å². The van der Waals surface area contributed by atoms with Crippen LogP contribution in [0.3, 0.4) is 0 Å². The van der Waals surface area contributed by atoms with Crippen molar-refractivity contribution in [2.75, 3.05) is 0 Å². The Morgan fingerprint density at radius 2 is 2.09 bits per heavy atom. The summed E-state index contributed by atoms with van der Waals surface area (Å²) in [5.74, 6) is 0. The lowest BCUT2D eigenvalue weighted by Gasteiger charge is -1.89. The van der Waals surface area contributed by atoms with E-state index < -0.39 is 5.60 Å². The highest BCUT2D eigenvalue weighted by Gasteiger charge is 2.57. The lowest BCUT2D eigenvalue weighted by atomic mass is 10.0. The van der Waals surface area contributed by atoms with Crippen molar-refractivity contribution in [1.82, 2.24) is 0 Å². The van der Waals surface area contributed by atoms with Gasteiger partial charge in [-0.25, -0.2) is 0 Å². The lowest BCUT2D eigenvalue weighted by Crippen LogP contribution is -2.08. The van der Waals surface area contributed by atoms with Gasteiger partial charge >= 0.3 is 0 Å². The molecule has 0 aromatic carbocycles. The molecule has 0 amide bonds. The van der Waals surface area contributed by atoms with Gasteiger partial charge in [-0.2, -0.15) is 10.5 Å². The van der Waals surface area contributed by atoms with Crippen LogP contribution in [-0.2, 0) is 4.74 Å². The predicted octanol–water partition coefficient (Wildman–Crippen LogP) is 1.36. The zero-order chi connectivity index (χ0) is 8.32. The maximum absolute atomic E-state index is 8.53. The summed E-state index contributed by atoms with van der Waals surface area (Å²) in [6, 6.07) is 3.76. The van der Waals surface area contributed by atoms with E-state index in [4.69, 9.17) is 15.3 Å². The normalized spacial score (nSPS) is 25.2. The van der Waals surface area contributed by atoms with E-state index in [1.807, 2.05) is 12.1 Å². The zero-order valence-corrected chi connectivity index (χ0v) is 6.50. The van der Waals surface area contributed by atoms with Gasteiger partial charge in [-0.3, -0.25) is 0 Å². The van der Waals surface area contributed by atoms with Crippen LogP contribution in [-0.4, -0.2) is 11.7 Å². The number of hydrogen-bond acceptors (Lipinski definition) is 3. The fourth-order valence-electron chi connectivity index (χ4n) is 1.06. The second-order valence-electron chi connectivity index (χ2n) is 2.71. The summed E-state index contributed by atoms with van der Waals surface area (Å²) in [6.45, 7) is 2.07. The van der Waals surface area contributed by atoms with E-state index in [2.05, 4.69) is 6.92 Å². The van der Waals surface area contributed by atoms with Gasteiger partial charge in [-0.15, -0.1) is 0 Å². The second-order valence-corrected chi connectivity index (χ2v) is 2.71. The molecular weight excluding hydrogens is 140 g/mol. The quantitative estimate of drug-likeness (QED) is 0.570. The molecule has 0 aromatic heterocycles. The van der Waals surface area contributed by atoms with Gasteiger partial charge in [-0.05, 0) is 6.42 Å². The maximum Gasteiger partial charge on any atom is 0.268 e. The first-order valence-corrected chi connectivity index (χ1v) is 3.79. The fourth-order valence-corrected chi connectivity index (χ4v) is 1.06. The molecule has 0 aliphatic carbocycles. The topological polar surface area (TPSA) is 60.1 Å². The molecule has 1 heterocycles. The Morgan fingerprint density at radius 1 is 1.45 bits per heavy atom. The first kappa shape index (κ1) is 8.04. The van der Waals surface area contributed by atoms with Crippen molar-refractivity contribution >= 4 is 0 Å². The molecule has 1 rings (SSSR count). The largest absolute Gasteiger partial charge is 0.337 e. The van der Waals surface area contributed by atoms with Gasteiger partial charge in [0.2, 0.25) is 0 Å². The Kier molecular flexibility index (Phi) is 2.12. The first-order chi connectivity index (χ1) is 5.29. The van der Waals surface area contributed by atoms with Gasteiger partial charge in [0.1, 0.15) is 18.2 Å². The maximum atomic E-state index is 8.53. The van der Waals surface area contributed by atoms with E-state index >= 15 is 0 Å². The average Bonchev–Trinajstić information content (AvgIpc) is 2.76. The minimum absolute atomic E-state index is 0.127. The van der Waals surface area contributed by atoms with Crippen molar-refractivity contribution in [3.8, 4) is 12.1 Å². The summed E-state index contributed by atoms with van der Waals surface area (Å²) in [5.41, 5.74) is -1.09. The molecule has 0 N–H and O–H groups in total.